The molecule has 2 unspecified atom stereocenters. The van der Waals surface area contributed by atoms with Crippen molar-refractivity contribution in [1.82, 2.24) is 10.3 Å². The Bertz CT molecular complexity index is 757. The lowest BCUT2D eigenvalue weighted by atomic mass is 9.80. The van der Waals surface area contributed by atoms with Gasteiger partial charge < -0.3 is 10.4 Å². The van der Waals surface area contributed by atoms with Crippen LogP contribution in [-0.2, 0) is 6.42 Å². The zero-order valence-corrected chi connectivity index (χ0v) is 12.8. The van der Waals surface area contributed by atoms with Crippen molar-refractivity contribution in [3.63, 3.8) is 0 Å². The number of nitrogens with zero attached hydrogens (tertiary/aromatic N) is 1. The van der Waals surface area contributed by atoms with Gasteiger partial charge in [-0.3, -0.25) is 4.79 Å². The molecule has 0 saturated heterocycles. The third kappa shape index (κ3) is 3.08. The predicted octanol–water partition coefficient (Wildman–Crippen LogP) is 2.83. The Morgan fingerprint density at radius 1 is 1.26 bits per heavy atom. The monoisotopic (exact) mass is 310 g/mol. The minimum absolute atomic E-state index is 0.0612. The minimum Gasteiger partial charge on any atom is -0.477 e. The van der Waals surface area contributed by atoms with Crippen LogP contribution in [0.3, 0.4) is 0 Å². The molecular weight excluding hydrogens is 292 g/mol. The number of aromatic nitrogens is 1. The summed E-state index contributed by atoms with van der Waals surface area (Å²) >= 11 is 0. The molecule has 2 atom stereocenters. The van der Waals surface area contributed by atoms with Gasteiger partial charge in [0.05, 0.1) is 6.04 Å². The van der Waals surface area contributed by atoms with Crippen LogP contribution in [0.15, 0.2) is 42.6 Å². The van der Waals surface area contributed by atoms with E-state index in [2.05, 4.69) is 23.3 Å². The maximum Gasteiger partial charge on any atom is 0.354 e. The van der Waals surface area contributed by atoms with Gasteiger partial charge in [0, 0.05) is 11.8 Å². The average Bonchev–Trinajstić information content (AvgIpc) is 2.57. The molecule has 0 bridgehead atoms. The molecule has 1 heterocycles. The lowest BCUT2D eigenvalue weighted by molar-refractivity contribution is 0.0690. The molecule has 1 aromatic heterocycles. The highest BCUT2D eigenvalue weighted by Gasteiger charge is 2.28. The number of aryl methyl sites for hydroxylation is 1. The highest BCUT2D eigenvalue weighted by Crippen LogP contribution is 2.34. The van der Waals surface area contributed by atoms with Gasteiger partial charge in [-0.1, -0.05) is 31.2 Å². The normalized spacial score (nSPS) is 19.7. The lowest BCUT2D eigenvalue weighted by Gasteiger charge is -2.32. The first-order valence-corrected chi connectivity index (χ1v) is 7.64. The van der Waals surface area contributed by atoms with Gasteiger partial charge in [-0.15, -0.1) is 0 Å². The summed E-state index contributed by atoms with van der Waals surface area (Å²) in [5.41, 5.74) is 2.59. The number of fused-ring (bicyclic) bond motifs is 1. The second-order valence-electron chi connectivity index (χ2n) is 5.90. The fourth-order valence-electron chi connectivity index (χ4n) is 3.05. The van der Waals surface area contributed by atoms with Crippen molar-refractivity contribution < 1.29 is 14.7 Å². The van der Waals surface area contributed by atoms with E-state index in [4.69, 9.17) is 5.11 Å². The van der Waals surface area contributed by atoms with Crippen LogP contribution >= 0.6 is 0 Å². The summed E-state index contributed by atoms with van der Waals surface area (Å²) in [5.74, 6) is -1.09. The number of carboxylic acid groups (broad SMARTS) is 1. The maximum atomic E-state index is 12.5. The van der Waals surface area contributed by atoms with Crippen molar-refractivity contribution in [3.8, 4) is 0 Å². The van der Waals surface area contributed by atoms with Crippen LogP contribution in [-0.4, -0.2) is 22.0 Å². The van der Waals surface area contributed by atoms with E-state index < -0.39 is 5.97 Å². The van der Waals surface area contributed by atoms with Gasteiger partial charge in [0.2, 0.25) is 0 Å². The summed E-state index contributed by atoms with van der Waals surface area (Å²) in [4.78, 5) is 27.2. The number of hydrogen-bond donors (Lipinski definition) is 2. The van der Waals surface area contributed by atoms with Gasteiger partial charge >= 0.3 is 5.97 Å². The van der Waals surface area contributed by atoms with Crippen molar-refractivity contribution in [2.75, 3.05) is 0 Å². The van der Waals surface area contributed by atoms with E-state index in [1.807, 2.05) is 18.2 Å². The van der Waals surface area contributed by atoms with E-state index in [1.54, 1.807) is 0 Å². The fraction of sp³-hybridized carbons (Fsp3) is 0.278. The molecule has 118 valence electrons. The maximum absolute atomic E-state index is 12.5. The Morgan fingerprint density at radius 2 is 2.04 bits per heavy atom. The van der Waals surface area contributed by atoms with Gasteiger partial charge in [0.25, 0.3) is 5.91 Å². The first kappa shape index (κ1) is 15.2. The van der Waals surface area contributed by atoms with E-state index in [9.17, 15) is 9.59 Å². The SMILES string of the molecule is CC1CCc2ccccc2C1NC(=O)c1ccnc(C(=O)O)c1. The molecule has 0 saturated carbocycles. The molecular formula is C18H18N2O3. The van der Waals surface area contributed by atoms with Gasteiger partial charge in [0.15, 0.2) is 0 Å². The molecule has 2 aromatic rings. The Balaban J connectivity index is 1.85. The van der Waals surface area contributed by atoms with Gasteiger partial charge in [-0.05, 0) is 42.0 Å². The number of amides is 1. The molecule has 0 aliphatic heterocycles. The third-order valence-electron chi connectivity index (χ3n) is 4.36. The highest BCUT2D eigenvalue weighted by molar-refractivity contribution is 5.96. The number of rotatable bonds is 3. The van der Waals surface area contributed by atoms with E-state index >= 15 is 0 Å². The average molecular weight is 310 g/mol. The van der Waals surface area contributed by atoms with E-state index in [0.717, 1.165) is 18.4 Å². The van der Waals surface area contributed by atoms with Gasteiger partial charge in [-0.2, -0.15) is 0 Å². The molecule has 5 nitrogen and oxygen atoms in total. The number of carbonyl (C=O) groups excluding carboxylic acids is 1. The van der Waals surface area contributed by atoms with E-state index in [1.165, 1.54) is 23.9 Å². The number of carbonyl (C=O) groups is 2. The zero-order valence-electron chi connectivity index (χ0n) is 12.8. The van der Waals surface area contributed by atoms with Crippen molar-refractivity contribution in [2.45, 2.75) is 25.8 Å². The van der Waals surface area contributed by atoms with Crippen molar-refractivity contribution in [2.24, 2.45) is 5.92 Å². The molecule has 1 amide bonds. The van der Waals surface area contributed by atoms with Crippen LogP contribution in [0.25, 0.3) is 0 Å². The zero-order chi connectivity index (χ0) is 16.4. The summed E-state index contributed by atoms with van der Waals surface area (Å²) in [6.45, 7) is 2.12. The minimum atomic E-state index is -1.14. The second-order valence-corrected chi connectivity index (χ2v) is 5.90. The molecule has 0 spiro atoms. The number of benzene rings is 1. The molecule has 5 heteroatoms. The van der Waals surface area contributed by atoms with E-state index in [-0.39, 0.29) is 17.6 Å². The van der Waals surface area contributed by atoms with Crippen LogP contribution in [0.2, 0.25) is 0 Å². The molecule has 0 fully saturated rings. The predicted molar refractivity (Wildman–Crippen MR) is 85.3 cm³/mol. The number of aromatic carboxylic acids is 1. The molecule has 1 aliphatic carbocycles. The van der Waals surface area contributed by atoms with Crippen molar-refractivity contribution in [1.29, 1.82) is 0 Å². The molecule has 1 aliphatic rings. The fourth-order valence-corrected chi connectivity index (χ4v) is 3.05. The molecule has 3 rings (SSSR count). The largest absolute Gasteiger partial charge is 0.477 e. The summed E-state index contributed by atoms with van der Waals surface area (Å²) in [6.07, 6.45) is 3.37. The quantitative estimate of drug-likeness (QED) is 0.913. The van der Waals surface area contributed by atoms with E-state index in [0.29, 0.717) is 11.5 Å². The van der Waals surface area contributed by atoms with Crippen LogP contribution in [0.5, 0.6) is 0 Å². The molecule has 2 N–H and O–H groups in total. The van der Waals surface area contributed by atoms with Crippen molar-refractivity contribution in [3.05, 3.63) is 65.0 Å². The summed E-state index contributed by atoms with van der Waals surface area (Å²) in [5, 5.41) is 12.0. The smallest absolute Gasteiger partial charge is 0.354 e. The second kappa shape index (κ2) is 6.20. The van der Waals surface area contributed by atoms with Crippen LogP contribution in [0.1, 0.15) is 51.4 Å². The Labute approximate surface area is 134 Å². The number of hydrogen-bond acceptors (Lipinski definition) is 3. The Kier molecular flexibility index (Phi) is 4.10. The van der Waals surface area contributed by atoms with Crippen LogP contribution in [0.4, 0.5) is 0 Å². The van der Waals surface area contributed by atoms with Crippen molar-refractivity contribution >= 4 is 11.9 Å². The van der Waals surface area contributed by atoms with Gasteiger partial charge in [0.1, 0.15) is 5.69 Å². The lowest BCUT2D eigenvalue weighted by Crippen LogP contribution is -2.35. The molecule has 23 heavy (non-hydrogen) atoms. The summed E-state index contributed by atoms with van der Waals surface area (Å²) < 4.78 is 0. The highest BCUT2D eigenvalue weighted by atomic mass is 16.4. The van der Waals surface area contributed by atoms with Gasteiger partial charge in [-0.25, -0.2) is 9.78 Å². The Morgan fingerprint density at radius 3 is 2.83 bits per heavy atom. The molecule has 0 radical (unpaired) electrons. The number of carboxylic acids is 1. The van der Waals surface area contributed by atoms with Crippen LogP contribution in [0, 0.1) is 5.92 Å². The topological polar surface area (TPSA) is 79.3 Å². The Hall–Kier alpha value is -2.69. The number of nitrogens with one attached hydrogen (secondary N) is 1. The third-order valence-corrected chi connectivity index (χ3v) is 4.36. The summed E-state index contributed by atoms with van der Waals surface area (Å²) in [7, 11) is 0. The first-order chi connectivity index (χ1) is 11.1. The standard InChI is InChI=1S/C18H18N2O3/c1-11-6-7-12-4-2-3-5-14(12)16(11)20-17(21)13-8-9-19-15(10-13)18(22)23/h2-5,8-11,16H,6-7H2,1H3,(H,20,21)(H,22,23). The van der Waals surface area contributed by atoms with Crippen LogP contribution < -0.4 is 5.32 Å². The first-order valence-electron chi connectivity index (χ1n) is 7.64. The molecule has 1 aromatic carbocycles. The summed E-state index contributed by atoms with van der Waals surface area (Å²) in [6, 6.07) is 10.9. The number of pyridine rings is 1.